The number of carbonyl (C=O) groups is 1. The van der Waals surface area contributed by atoms with Crippen molar-refractivity contribution in [2.45, 2.75) is 37.7 Å². The number of methoxy groups -OCH3 is 3. The molecule has 1 aromatic rings. The van der Waals surface area contributed by atoms with Crippen LogP contribution in [0.25, 0.3) is 0 Å². The van der Waals surface area contributed by atoms with Gasteiger partial charge in [0.2, 0.25) is 0 Å². The van der Waals surface area contributed by atoms with Crippen LogP contribution in [-0.4, -0.2) is 39.4 Å². The molecule has 1 N–H and O–H groups in total. The normalized spacial score (nSPS) is 34.6. The van der Waals surface area contributed by atoms with Crippen LogP contribution >= 0.6 is 0 Å². The fraction of sp³-hybridized carbons (Fsp3) is 0.667. The Kier molecular flexibility index (Phi) is 4.59. The lowest BCUT2D eigenvalue weighted by Crippen LogP contribution is -2.63. The van der Waals surface area contributed by atoms with Gasteiger partial charge in [-0.1, -0.05) is 0 Å². The molecule has 1 aromatic carbocycles. The summed E-state index contributed by atoms with van der Waals surface area (Å²) in [6, 6.07) is 5.28. The number of carbonyl (C=O) groups excluding carboxylic acids is 1. The van der Waals surface area contributed by atoms with Gasteiger partial charge in [0.15, 0.2) is 0 Å². The standard InChI is InChI=1S/C21H29NO4/c1-24-17-4-5-18(19(11-17)25-2)20(23)22-12-21(26-3)15-7-13-6-14(9-15)10-16(21)8-13/h4-5,11,13-16H,6-10,12H2,1-3H3,(H,22,23). The molecular formula is C21H29NO4. The molecule has 5 nitrogen and oxygen atoms in total. The summed E-state index contributed by atoms with van der Waals surface area (Å²) in [5, 5.41) is 3.15. The molecule has 0 saturated heterocycles. The highest BCUT2D eigenvalue weighted by Gasteiger charge is 2.57. The Hall–Kier alpha value is -1.75. The quantitative estimate of drug-likeness (QED) is 0.847. The largest absolute Gasteiger partial charge is 0.497 e. The van der Waals surface area contributed by atoms with E-state index in [0.717, 1.165) is 11.8 Å². The summed E-state index contributed by atoms with van der Waals surface area (Å²) in [6.07, 6.45) is 6.42. The second kappa shape index (κ2) is 6.76. The molecule has 1 amide bonds. The van der Waals surface area contributed by atoms with Gasteiger partial charge in [-0.3, -0.25) is 4.79 Å². The van der Waals surface area contributed by atoms with Gasteiger partial charge in [-0.05, 0) is 67.9 Å². The number of rotatable bonds is 6. The van der Waals surface area contributed by atoms with Gasteiger partial charge in [0, 0.05) is 19.7 Å². The number of hydrogen-bond donors (Lipinski definition) is 1. The number of amides is 1. The SMILES string of the molecule is COc1ccc(C(=O)NCC2(OC)C3CC4CC(C3)CC2C4)c(OC)c1. The molecule has 4 bridgehead atoms. The molecule has 0 radical (unpaired) electrons. The Morgan fingerprint density at radius 2 is 1.69 bits per heavy atom. The van der Waals surface area contributed by atoms with Gasteiger partial charge in [0.05, 0.1) is 25.4 Å². The van der Waals surface area contributed by atoms with Gasteiger partial charge in [-0.2, -0.15) is 0 Å². The molecule has 5 heteroatoms. The Labute approximate surface area is 155 Å². The van der Waals surface area contributed by atoms with E-state index in [0.29, 0.717) is 35.4 Å². The fourth-order valence-electron chi connectivity index (χ4n) is 5.98. The van der Waals surface area contributed by atoms with E-state index < -0.39 is 0 Å². The molecule has 4 saturated carbocycles. The van der Waals surface area contributed by atoms with Crippen molar-refractivity contribution in [2.75, 3.05) is 27.9 Å². The predicted molar refractivity (Wildman–Crippen MR) is 98.7 cm³/mol. The molecule has 0 atom stereocenters. The zero-order chi connectivity index (χ0) is 18.3. The van der Waals surface area contributed by atoms with E-state index in [2.05, 4.69) is 5.32 Å². The molecule has 0 heterocycles. The van der Waals surface area contributed by atoms with Gasteiger partial charge in [0.1, 0.15) is 11.5 Å². The van der Waals surface area contributed by atoms with Gasteiger partial charge in [0.25, 0.3) is 5.91 Å². The van der Waals surface area contributed by atoms with Crippen LogP contribution in [0.3, 0.4) is 0 Å². The van der Waals surface area contributed by atoms with E-state index in [9.17, 15) is 4.79 Å². The Morgan fingerprint density at radius 3 is 2.23 bits per heavy atom. The number of ether oxygens (including phenoxy) is 3. The van der Waals surface area contributed by atoms with Gasteiger partial charge in [-0.15, -0.1) is 0 Å². The van der Waals surface area contributed by atoms with E-state index in [-0.39, 0.29) is 11.5 Å². The Morgan fingerprint density at radius 1 is 1.04 bits per heavy atom. The van der Waals surface area contributed by atoms with Crippen molar-refractivity contribution >= 4 is 5.91 Å². The van der Waals surface area contributed by atoms with Crippen LogP contribution in [0.4, 0.5) is 0 Å². The maximum absolute atomic E-state index is 12.8. The first kappa shape index (κ1) is 17.7. The molecule has 0 spiro atoms. The summed E-state index contributed by atoms with van der Waals surface area (Å²) >= 11 is 0. The monoisotopic (exact) mass is 359 g/mol. The maximum Gasteiger partial charge on any atom is 0.255 e. The highest BCUT2D eigenvalue weighted by atomic mass is 16.5. The third-order valence-electron chi connectivity index (χ3n) is 7.08. The van der Waals surface area contributed by atoms with E-state index in [1.54, 1.807) is 32.4 Å². The molecule has 0 aromatic heterocycles. The maximum atomic E-state index is 12.8. The lowest BCUT2D eigenvalue weighted by atomic mass is 9.49. The van der Waals surface area contributed by atoms with Crippen LogP contribution in [0.5, 0.6) is 11.5 Å². The third-order valence-corrected chi connectivity index (χ3v) is 7.08. The summed E-state index contributed by atoms with van der Waals surface area (Å²) in [6.45, 7) is 0.576. The van der Waals surface area contributed by atoms with Crippen molar-refractivity contribution in [3.8, 4) is 11.5 Å². The fourth-order valence-corrected chi connectivity index (χ4v) is 5.98. The van der Waals surface area contributed by atoms with Crippen molar-refractivity contribution in [3.05, 3.63) is 23.8 Å². The predicted octanol–water partition coefficient (Wildman–Crippen LogP) is 3.27. The highest BCUT2D eigenvalue weighted by molar-refractivity contribution is 5.97. The summed E-state index contributed by atoms with van der Waals surface area (Å²) in [5.41, 5.74) is 0.325. The van der Waals surface area contributed by atoms with Crippen molar-refractivity contribution in [1.29, 1.82) is 0 Å². The Balaban J connectivity index is 1.50. The smallest absolute Gasteiger partial charge is 0.255 e. The van der Waals surface area contributed by atoms with Gasteiger partial charge in [-0.25, -0.2) is 0 Å². The first-order valence-electron chi connectivity index (χ1n) is 9.65. The lowest BCUT2D eigenvalue weighted by molar-refractivity contribution is -0.186. The molecular weight excluding hydrogens is 330 g/mol. The van der Waals surface area contributed by atoms with Crippen molar-refractivity contribution in [1.82, 2.24) is 5.32 Å². The van der Waals surface area contributed by atoms with Crippen molar-refractivity contribution in [3.63, 3.8) is 0 Å². The van der Waals surface area contributed by atoms with E-state index in [1.165, 1.54) is 32.1 Å². The van der Waals surface area contributed by atoms with Gasteiger partial charge < -0.3 is 19.5 Å². The second-order valence-corrected chi connectivity index (χ2v) is 8.21. The van der Waals surface area contributed by atoms with Crippen LogP contribution in [0, 0.1) is 23.7 Å². The zero-order valence-corrected chi connectivity index (χ0v) is 15.9. The molecule has 0 aliphatic heterocycles. The highest BCUT2D eigenvalue weighted by Crippen LogP contribution is 2.59. The number of nitrogens with one attached hydrogen (secondary N) is 1. The summed E-state index contributed by atoms with van der Waals surface area (Å²) in [5.74, 6) is 3.97. The van der Waals surface area contributed by atoms with E-state index in [4.69, 9.17) is 14.2 Å². The van der Waals surface area contributed by atoms with Crippen LogP contribution in [-0.2, 0) is 4.74 Å². The average molecular weight is 359 g/mol. The third kappa shape index (κ3) is 2.77. The molecule has 5 rings (SSSR count). The molecule has 4 aliphatic rings. The van der Waals surface area contributed by atoms with Crippen LogP contribution in [0.15, 0.2) is 18.2 Å². The lowest BCUT2D eigenvalue weighted by Gasteiger charge is -2.60. The molecule has 4 aliphatic carbocycles. The van der Waals surface area contributed by atoms with Gasteiger partial charge >= 0.3 is 0 Å². The van der Waals surface area contributed by atoms with E-state index in [1.807, 2.05) is 7.11 Å². The van der Waals surface area contributed by atoms with Crippen molar-refractivity contribution < 1.29 is 19.0 Å². The first-order valence-corrected chi connectivity index (χ1v) is 9.65. The topological polar surface area (TPSA) is 56.8 Å². The summed E-state index contributed by atoms with van der Waals surface area (Å²) in [4.78, 5) is 12.8. The minimum atomic E-state index is -0.206. The van der Waals surface area contributed by atoms with Crippen LogP contribution < -0.4 is 14.8 Å². The molecule has 0 unspecified atom stereocenters. The van der Waals surface area contributed by atoms with Crippen molar-refractivity contribution in [2.24, 2.45) is 23.7 Å². The van der Waals surface area contributed by atoms with Crippen LogP contribution in [0.1, 0.15) is 42.5 Å². The first-order chi connectivity index (χ1) is 12.6. The average Bonchev–Trinajstić information content (AvgIpc) is 2.66. The minimum absolute atomic E-state index is 0.116. The number of hydrogen-bond acceptors (Lipinski definition) is 4. The molecule has 4 fully saturated rings. The summed E-state index contributed by atoms with van der Waals surface area (Å²) in [7, 11) is 4.99. The Bertz CT molecular complexity index is 659. The minimum Gasteiger partial charge on any atom is -0.497 e. The van der Waals surface area contributed by atoms with Crippen LogP contribution in [0.2, 0.25) is 0 Å². The zero-order valence-electron chi connectivity index (χ0n) is 15.9. The summed E-state index contributed by atoms with van der Waals surface area (Å²) < 4.78 is 16.7. The van der Waals surface area contributed by atoms with E-state index >= 15 is 0 Å². The molecule has 26 heavy (non-hydrogen) atoms. The molecule has 142 valence electrons. The second-order valence-electron chi connectivity index (χ2n) is 8.21. The number of benzene rings is 1.